The lowest BCUT2D eigenvalue weighted by Gasteiger charge is -2.08. The molecule has 3 heteroatoms. The molecule has 104 valence electrons. The minimum Gasteiger partial charge on any atom is -0.356 e. The summed E-state index contributed by atoms with van der Waals surface area (Å²) in [5, 5.41) is 3.39. The van der Waals surface area contributed by atoms with Crippen LogP contribution in [0.2, 0.25) is 0 Å². The van der Waals surface area contributed by atoms with Gasteiger partial charge in [0.15, 0.2) is 0 Å². The third kappa shape index (κ3) is 3.74. The molecule has 0 aromatic heterocycles. The van der Waals surface area contributed by atoms with Crippen molar-refractivity contribution in [3.63, 3.8) is 0 Å². The summed E-state index contributed by atoms with van der Waals surface area (Å²) in [4.78, 5) is 0. The van der Waals surface area contributed by atoms with Crippen LogP contribution in [0.3, 0.4) is 0 Å². The summed E-state index contributed by atoms with van der Waals surface area (Å²) in [6, 6.07) is 24.9. The zero-order chi connectivity index (χ0) is 14.7. The van der Waals surface area contributed by atoms with Crippen LogP contribution < -0.4 is 5.32 Å². The second-order valence-electron chi connectivity index (χ2n) is 4.72. The van der Waals surface area contributed by atoms with E-state index < -0.39 is 0 Å². The monoisotopic (exact) mass is 401 g/mol. The van der Waals surface area contributed by atoms with Crippen LogP contribution in [0.1, 0.15) is 0 Å². The fourth-order valence-corrected chi connectivity index (χ4v) is 2.62. The molecule has 0 heterocycles. The maximum Gasteiger partial charge on any atom is 0.0384 e. The van der Waals surface area contributed by atoms with Crippen molar-refractivity contribution in [1.82, 2.24) is 0 Å². The Bertz CT molecular complexity index is 717. The molecule has 0 atom stereocenters. The first-order chi connectivity index (χ1) is 10.2. The summed E-state index contributed by atoms with van der Waals surface area (Å²) in [5.41, 5.74) is 4.59. The van der Waals surface area contributed by atoms with E-state index in [1.165, 1.54) is 11.1 Å². The second kappa shape index (κ2) is 6.46. The van der Waals surface area contributed by atoms with E-state index in [0.717, 1.165) is 20.3 Å². The van der Waals surface area contributed by atoms with Gasteiger partial charge in [0.25, 0.3) is 0 Å². The Hall–Kier alpha value is -1.58. The summed E-state index contributed by atoms with van der Waals surface area (Å²) in [6.07, 6.45) is 0. The zero-order valence-electron chi connectivity index (χ0n) is 11.2. The van der Waals surface area contributed by atoms with Crippen LogP contribution in [0.5, 0.6) is 0 Å². The van der Waals surface area contributed by atoms with Crippen molar-refractivity contribution in [3.8, 4) is 11.1 Å². The van der Waals surface area contributed by atoms with E-state index in [1.54, 1.807) is 0 Å². The van der Waals surface area contributed by atoms with Gasteiger partial charge in [0.05, 0.1) is 0 Å². The normalized spacial score (nSPS) is 10.4. The molecule has 1 nitrogen and oxygen atoms in total. The predicted molar refractivity (Wildman–Crippen MR) is 97.0 cm³/mol. The van der Waals surface area contributed by atoms with Crippen LogP contribution in [0.15, 0.2) is 81.7 Å². The second-order valence-corrected chi connectivity index (χ2v) is 6.55. The van der Waals surface area contributed by atoms with Crippen LogP contribution in [-0.4, -0.2) is 0 Å². The maximum atomic E-state index is 3.46. The van der Waals surface area contributed by atoms with Crippen LogP contribution in [0, 0.1) is 0 Å². The quantitative estimate of drug-likeness (QED) is 0.518. The highest BCUT2D eigenvalue weighted by atomic mass is 79.9. The molecule has 0 spiro atoms. The lowest BCUT2D eigenvalue weighted by molar-refractivity contribution is 1.53. The Morgan fingerprint density at radius 3 is 1.29 bits per heavy atom. The number of hydrogen-bond donors (Lipinski definition) is 1. The maximum absolute atomic E-state index is 3.46. The van der Waals surface area contributed by atoms with Gasteiger partial charge >= 0.3 is 0 Å². The van der Waals surface area contributed by atoms with E-state index in [1.807, 2.05) is 24.3 Å². The molecule has 0 aliphatic carbocycles. The molecule has 0 fully saturated rings. The number of halogens is 2. The Labute approximate surface area is 141 Å². The SMILES string of the molecule is Brc1ccc(Nc2ccc(-c3ccc(Br)cc3)cc2)cc1. The summed E-state index contributed by atoms with van der Waals surface area (Å²) in [6.45, 7) is 0. The highest BCUT2D eigenvalue weighted by Crippen LogP contribution is 2.25. The van der Waals surface area contributed by atoms with E-state index in [0.29, 0.717) is 0 Å². The molecule has 0 aliphatic rings. The van der Waals surface area contributed by atoms with E-state index in [4.69, 9.17) is 0 Å². The highest BCUT2D eigenvalue weighted by molar-refractivity contribution is 9.10. The van der Waals surface area contributed by atoms with Crippen LogP contribution >= 0.6 is 31.9 Å². The van der Waals surface area contributed by atoms with Crippen molar-refractivity contribution in [2.75, 3.05) is 5.32 Å². The lowest BCUT2D eigenvalue weighted by Crippen LogP contribution is -1.89. The molecular formula is C18H13Br2N. The van der Waals surface area contributed by atoms with Gasteiger partial charge in [-0.05, 0) is 59.7 Å². The average Bonchev–Trinajstić information content (AvgIpc) is 2.51. The summed E-state index contributed by atoms with van der Waals surface area (Å²) < 4.78 is 2.18. The van der Waals surface area contributed by atoms with E-state index in [-0.39, 0.29) is 0 Å². The van der Waals surface area contributed by atoms with Gasteiger partial charge in [-0.3, -0.25) is 0 Å². The van der Waals surface area contributed by atoms with E-state index >= 15 is 0 Å². The standard InChI is InChI=1S/C18H13Br2N/c19-15-5-1-13(2-6-15)14-3-9-17(10-4-14)21-18-11-7-16(20)8-12-18/h1-12,21H. The summed E-state index contributed by atoms with van der Waals surface area (Å²) in [5.74, 6) is 0. The van der Waals surface area contributed by atoms with E-state index in [9.17, 15) is 0 Å². The molecule has 0 bridgehead atoms. The largest absolute Gasteiger partial charge is 0.356 e. The smallest absolute Gasteiger partial charge is 0.0384 e. The molecule has 3 rings (SSSR count). The molecule has 0 radical (unpaired) electrons. The van der Waals surface area contributed by atoms with Crippen LogP contribution in [0.4, 0.5) is 11.4 Å². The molecule has 0 saturated carbocycles. The fourth-order valence-electron chi connectivity index (χ4n) is 2.09. The first-order valence-corrected chi connectivity index (χ1v) is 8.18. The molecule has 0 unspecified atom stereocenters. The highest BCUT2D eigenvalue weighted by Gasteiger charge is 1.99. The third-order valence-electron chi connectivity index (χ3n) is 3.20. The Morgan fingerprint density at radius 2 is 0.810 bits per heavy atom. The van der Waals surface area contributed by atoms with Gasteiger partial charge in [-0.1, -0.05) is 56.1 Å². The molecule has 3 aromatic rings. The number of anilines is 2. The first kappa shape index (κ1) is 14.4. The lowest BCUT2D eigenvalue weighted by atomic mass is 10.1. The van der Waals surface area contributed by atoms with Crippen LogP contribution in [-0.2, 0) is 0 Å². The van der Waals surface area contributed by atoms with Gasteiger partial charge in [-0.2, -0.15) is 0 Å². The Kier molecular flexibility index (Phi) is 4.42. The fraction of sp³-hybridized carbons (Fsp3) is 0. The molecular weight excluding hydrogens is 390 g/mol. The topological polar surface area (TPSA) is 12.0 Å². The molecule has 0 saturated heterocycles. The van der Waals surface area contributed by atoms with Gasteiger partial charge < -0.3 is 5.32 Å². The summed E-state index contributed by atoms with van der Waals surface area (Å²) in [7, 11) is 0. The number of benzene rings is 3. The molecule has 0 aliphatic heterocycles. The van der Waals surface area contributed by atoms with Gasteiger partial charge in [0.1, 0.15) is 0 Å². The van der Waals surface area contributed by atoms with Crippen LogP contribution in [0.25, 0.3) is 11.1 Å². The Morgan fingerprint density at radius 1 is 0.476 bits per heavy atom. The molecule has 21 heavy (non-hydrogen) atoms. The zero-order valence-corrected chi connectivity index (χ0v) is 14.4. The van der Waals surface area contributed by atoms with Gasteiger partial charge in [0.2, 0.25) is 0 Å². The molecule has 0 amide bonds. The van der Waals surface area contributed by atoms with Crippen molar-refractivity contribution < 1.29 is 0 Å². The minimum absolute atomic E-state index is 1.08. The van der Waals surface area contributed by atoms with E-state index in [2.05, 4.69) is 85.7 Å². The van der Waals surface area contributed by atoms with Crippen molar-refractivity contribution in [2.45, 2.75) is 0 Å². The molecule has 3 aromatic carbocycles. The summed E-state index contributed by atoms with van der Waals surface area (Å²) >= 11 is 6.90. The number of hydrogen-bond acceptors (Lipinski definition) is 1. The van der Waals surface area contributed by atoms with Crippen molar-refractivity contribution in [3.05, 3.63) is 81.7 Å². The average molecular weight is 403 g/mol. The predicted octanol–water partition coefficient (Wildman–Crippen LogP) is 6.62. The van der Waals surface area contributed by atoms with Gasteiger partial charge in [-0.15, -0.1) is 0 Å². The molecule has 1 N–H and O–H groups in total. The minimum atomic E-state index is 1.08. The van der Waals surface area contributed by atoms with Crippen molar-refractivity contribution in [1.29, 1.82) is 0 Å². The number of nitrogens with one attached hydrogen (secondary N) is 1. The Balaban J connectivity index is 1.77. The van der Waals surface area contributed by atoms with Gasteiger partial charge in [-0.25, -0.2) is 0 Å². The number of rotatable bonds is 3. The van der Waals surface area contributed by atoms with Crippen molar-refractivity contribution in [2.24, 2.45) is 0 Å². The van der Waals surface area contributed by atoms with Crippen molar-refractivity contribution >= 4 is 43.2 Å². The first-order valence-electron chi connectivity index (χ1n) is 6.59. The third-order valence-corrected chi connectivity index (χ3v) is 4.25. The van der Waals surface area contributed by atoms with Gasteiger partial charge in [0, 0.05) is 20.3 Å².